The zero-order chi connectivity index (χ0) is 22.6. The number of ether oxygens (including phenoxy) is 1. The van der Waals surface area contributed by atoms with E-state index in [-0.39, 0.29) is 11.8 Å². The Labute approximate surface area is 175 Å². The first kappa shape index (κ1) is 23.9. The van der Waals surface area contributed by atoms with E-state index in [9.17, 15) is 30.0 Å². The minimum absolute atomic E-state index is 0.338. The molecule has 0 aliphatic carbocycles. The van der Waals surface area contributed by atoms with Crippen molar-refractivity contribution in [2.75, 3.05) is 6.61 Å². The number of nitrogens with one attached hydrogen (secondary N) is 3. The number of carbonyl (C=O) groups excluding carboxylic acids is 1. The Morgan fingerprint density at radius 2 is 1.93 bits per heavy atom. The van der Waals surface area contributed by atoms with Gasteiger partial charge in [0.05, 0.1) is 18.7 Å². The first-order valence-corrected chi connectivity index (χ1v) is 9.95. The number of aliphatic hydroxyl groups is 3. The molecule has 0 spiro atoms. The minimum atomic E-state index is -1.65. The molecule has 11 heteroatoms. The van der Waals surface area contributed by atoms with Gasteiger partial charge in [-0.05, 0) is 18.4 Å². The van der Waals surface area contributed by atoms with Gasteiger partial charge in [-0.3, -0.25) is 9.80 Å². The number of hydrogen-bond acceptors (Lipinski definition) is 9. The van der Waals surface area contributed by atoms with Crippen LogP contribution in [0.3, 0.4) is 0 Å². The Morgan fingerprint density at radius 1 is 1.27 bits per heavy atom. The van der Waals surface area contributed by atoms with Crippen LogP contribution in [-0.4, -0.2) is 74.3 Å². The first-order valence-electron chi connectivity index (χ1n) is 9.95. The second-order valence-corrected chi connectivity index (χ2v) is 8.24. The number of nitrogens with zero attached hydrogens (tertiary/aromatic N) is 1. The molecule has 5 atom stereocenters. The molecule has 30 heavy (non-hydrogen) atoms. The van der Waals surface area contributed by atoms with E-state index in [1.54, 1.807) is 25.1 Å². The van der Waals surface area contributed by atoms with Crippen LogP contribution >= 0.6 is 0 Å². The maximum absolute atomic E-state index is 12.4. The van der Waals surface area contributed by atoms with Gasteiger partial charge in [-0.2, -0.15) is 0 Å². The van der Waals surface area contributed by atoms with Gasteiger partial charge in [-0.15, -0.1) is 5.53 Å². The molecule has 0 saturated carbocycles. The van der Waals surface area contributed by atoms with E-state index in [2.05, 4.69) is 30.1 Å². The first-order chi connectivity index (χ1) is 14.0. The molecule has 11 nitrogen and oxygen atoms in total. The van der Waals surface area contributed by atoms with Gasteiger partial charge in [-0.25, -0.2) is 4.79 Å². The molecule has 2 heterocycles. The highest BCUT2D eigenvalue weighted by atomic mass is 16.5. The fourth-order valence-electron chi connectivity index (χ4n) is 3.27. The largest absolute Gasteiger partial charge is 0.478 e. The number of hydrazine groups is 2. The van der Waals surface area contributed by atoms with Crippen LogP contribution in [0.4, 0.5) is 0 Å². The molecule has 0 aromatic carbocycles. The molecule has 2 aliphatic rings. The summed E-state index contributed by atoms with van der Waals surface area (Å²) >= 11 is 0. The van der Waals surface area contributed by atoms with Gasteiger partial charge >= 0.3 is 5.97 Å². The van der Waals surface area contributed by atoms with E-state index < -0.39 is 48.7 Å². The lowest BCUT2D eigenvalue weighted by Crippen LogP contribution is -2.65. The summed E-state index contributed by atoms with van der Waals surface area (Å²) in [5.41, 5.74) is 6.80. The number of carboxylic acids is 1. The lowest BCUT2D eigenvalue weighted by atomic mass is 9.91. The normalized spacial score (nSPS) is 25.9. The number of hydrogen-bond donors (Lipinski definition) is 7. The lowest BCUT2D eigenvalue weighted by Gasteiger charge is -2.42. The standard InChI is InChI=1S/C19H32N4O7/c1-9(2)5-11-7-23(22-21-11)12-6-14(19(28)29)30-17(16(26)13(25)8-24)15(12)20-18(27)10(3)4/h6-7,9-10,12-13,15-17,21-22,24-26H,5,8H2,1-4H3,(H,20,27)(H,28,29)/t12-,13+,15+,16+,17+/m0/s1. The molecule has 0 aromatic rings. The quantitative estimate of drug-likeness (QED) is 0.237. The van der Waals surface area contributed by atoms with Crippen molar-refractivity contribution in [3.05, 3.63) is 23.7 Å². The second kappa shape index (κ2) is 10.1. The van der Waals surface area contributed by atoms with Crippen LogP contribution in [0, 0.1) is 11.8 Å². The molecule has 2 rings (SSSR count). The maximum Gasteiger partial charge on any atom is 0.370 e. The number of allylic oxidation sites excluding steroid dienone is 1. The molecule has 0 saturated heterocycles. The topological polar surface area (TPSA) is 164 Å². The number of aliphatic hydroxyl groups excluding tert-OH is 3. The van der Waals surface area contributed by atoms with E-state index in [1.807, 2.05) is 0 Å². The fourth-order valence-corrected chi connectivity index (χ4v) is 3.27. The third kappa shape index (κ3) is 5.63. The molecule has 0 unspecified atom stereocenters. The number of aliphatic carboxylic acids is 1. The van der Waals surface area contributed by atoms with Crippen molar-refractivity contribution >= 4 is 11.9 Å². The summed E-state index contributed by atoms with van der Waals surface area (Å²) in [6.45, 7) is 6.73. The Morgan fingerprint density at radius 3 is 2.47 bits per heavy atom. The zero-order valence-electron chi connectivity index (χ0n) is 17.6. The molecule has 0 bridgehead atoms. The molecule has 0 fully saturated rings. The molecular weight excluding hydrogens is 396 g/mol. The van der Waals surface area contributed by atoms with Crippen molar-refractivity contribution in [2.24, 2.45) is 11.8 Å². The Bertz CT molecular complexity index is 694. The van der Waals surface area contributed by atoms with Gasteiger partial charge in [0.1, 0.15) is 18.3 Å². The van der Waals surface area contributed by atoms with Gasteiger partial charge in [0.15, 0.2) is 0 Å². The molecule has 2 aliphatic heterocycles. The third-order valence-corrected chi connectivity index (χ3v) is 4.86. The molecule has 7 N–H and O–H groups in total. The lowest BCUT2D eigenvalue weighted by molar-refractivity contribution is -0.148. The van der Waals surface area contributed by atoms with Crippen LogP contribution in [0.15, 0.2) is 23.7 Å². The second-order valence-electron chi connectivity index (χ2n) is 8.24. The smallest absolute Gasteiger partial charge is 0.370 e. The SMILES string of the molecule is CC(C)CC1=CN([C@H]2C=C(C(=O)O)O[C@@H]([C@H](O)[C@H](O)CO)[C@@H]2NC(=O)C(C)C)NN1. The average molecular weight is 428 g/mol. The summed E-state index contributed by atoms with van der Waals surface area (Å²) in [5, 5.41) is 43.5. The average Bonchev–Trinajstić information content (AvgIpc) is 3.13. The highest BCUT2D eigenvalue weighted by Gasteiger charge is 2.46. The van der Waals surface area contributed by atoms with E-state index >= 15 is 0 Å². The van der Waals surface area contributed by atoms with Crippen molar-refractivity contribution in [1.82, 2.24) is 21.3 Å². The number of amides is 1. The summed E-state index contributed by atoms with van der Waals surface area (Å²) in [6.07, 6.45) is -0.731. The van der Waals surface area contributed by atoms with Gasteiger partial charge in [0.25, 0.3) is 0 Å². The van der Waals surface area contributed by atoms with Gasteiger partial charge in [-0.1, -0.05) is 27.7 Å². The van der Waals surface area contributed by atoms with Crippen LogP contribution < -0.4 is 16.3 Å². The summed E-state index contributed by atoms with van der Waals surface area (Å²) in [7, 11) is 0. The van der Waals surface area contributed by atoms with Crippen LogP contribution in [0.1, 0.15) is 34.1 Å². The fraction of sp³-hybridized carbons (Fsp3) is 0.684. The molecule has 0 aromatic heterocycles. The van der Waals surface area contributed by atoms with Crippen molar-refractivity contribution in [3.63, 3.8) is 0 Å². The summed E-state index contributed by atoms with van der Waals surface area (Å²) in [6, 6.07) is -1.70. The monoisotopic (exact) mass is 428 g/mol. The van der Waals surface area contributed by atoms with Crippen LogP contribution in [0.2, 0.25) is 0 Å². The van der Waals surface area contributed by atoms with Crippen LogP contribution in [0.5, 0.6) is 0 Å². The van der Waals surface area contributed by atoms with E-state index in [1.165, 1.54) is 6.08 Å². The van der Waals surface area contributed by atoms with E-state index in [4.69, 9.17) is 4.74 Å². The predicted octanol–water partition coefficient (Wildman–Crippen LogP) is -1.21. The molecule has 170 valence electrons. The number of carbonyl (C=O) groups is 2. The van der Waals surface area contributed by atoms with Crippen molar-refractivity contribution in [1.29, 1.82) is 0 Å². The third-order valence-electron chi connectivity index (χ3n) is 4.86. The van der Waals surface area contributed by atoms with Crippen molar-refractivity contribution in [3.8, 4) is 0 Å². The Balaban J connectivity index is 2.44. The van der Waals surface area contributed by atoms with Gasteiger partial charge < -0.3 is 35.9 Å². The van der Waals surface area contributed by atoms with Gasteiger partial charge in [0.2, 0.25) is 11.7 Å². The Kier molecular flexibility index (Phi) is 8.07. The van der Waals surface area contributed by atoms with Crippen LogP contribution in [0.25, 0.3) is 0 Å². The molecular formula is C19H32N4O7. The molecule has 0 radical (unpaired) electrons. The highest BCUT2D eigenvalue weighted by molar-refractivity contribution is 5.85. The minimum Gasteiger partial charge on any atom is -0.478 e. The summed E-state index contributed by atoms with van der Waals surface area (Å²) in [5.74, 6) is -2.14. The number of rotatable bonds is 9. The highest BCUT2D eigenvalue weighted by Crippen LogP contribution is 2.27. The summed E-state index contributed by atoms with van der Waals surface area (Å²) in [4.78, 5) is 24.1. The molecule has 1 amide bonds. The summed E-state index contributed by atoms with van der Waals surface area (Å²) < 4.78 is 5.44. The zero-order valence-corrected chi connectivity index (χ0v) is 17.6. The Hall–Kier alpha value is -2.34. The maximum atomic E-state index is 12.4. The van der Waals surface area contributed by atoms with Crippen molar-refractivity contribution in [2.45, 2.75) is 64.5 Å². The van der Waals surface area contributed by atoms with E-state index in [0.29, 0.717) is 5.92 Å². The predicted molar refractivity (Wildman–Crippen MR) is 106 cm³/mol. The number of carboxylic acid groups (broad SMARTS) is 1. The van der Waals surface area contributed by atoms with E-state index in [0.717, 1.165) is 12.1 Å². The van der Waals surface area contributed by atoms with Gasteiger partial charge in [0, 0.05) is 17.8 Å². The van der Waals surface area contributed by atoms with Crippen molar-refractivity contribution < 1.29 is 34.8 Å². The van der Waals surface area contributed by atoms with Crippen LogP contribution in [-0.2, 0) is 14.3 Å².